The maximum Gasteiger partial charge on any atom is 0.225 e. The van der Waals surface area contributed by atoms with Gasteiger partial charge in [-0.3, -0.25) is 9.59 Å². The average Bonchev–Trinajstić information content (AvgIpc) is 2.54. The molecule has 2 N–H and O–H groups in total. The first-order chi connectivity index (χ1) is 11.0. The summed E-state index contributed by atoms with van der Waals surface area (Å²) in [6.07, 6.45) is 5.76. The summed E-state index contributed by atoms with van der Waals surface area (Å²) < 4.78 is 0. The number of piperidine rings is 2. The van der Waals surface area contributed by atoms with E-state index in [2.05, 4.69) is 31.4 Å². The molecule has 0 aromatic carbocycles. The van der Waals surface area contributed by atoms with Crippen molar-refractivity contribution in [2.45, 2.75) is 71.4 Å². The standard InChI is InChI=1S/C18H33N3O2.ClH/c1-4-6-13(2)20-17(22)16-7-5-10-21(12-16)18(23)15-8-9-19-14(3)11-15;/h13-16,19H,4-12H2,1-3H3,(H,20,22);1H/t13?,14-,15-,16?;/m0./s1. The number of nitrogens with zero attached hydrogens (tertiary/aromatic N) is 1. The third-order valence-electron chi connectivity index (χ3n) is 5.19. The Morgan fingerprint density at radius 1 is 1.29 bits per heavy atom. The smallest absolute Gasteiger partial charge is 0.225 e. The maximum absolute atomic E-state index is 12.8. The minimum absolute atomic E-state index is 0. The average molecular weight is 360 g/mol. The Balaban J connectivity index is 0.00000288. The second-order valence-electron chi connectivity index (χ2n) is 7.40. The highest BCUT2D eigenvalue weighted by Gasteiger charge is 2.33. The lowest BCUT2D eigenvalue weighted by atomic mass is 9.90. The molecule has 140 valence electrons. The van der Waals surface area contributed by atoms with Gasteiger partial charge in [0.15, 0.2) is 0 Å². The summed E-state index contributed by atoms with van der Waals surface area (Å²) in [6, 6.07) is 0.639. The van der Waals surface area contributed by atoms with Gasteiger partial charge < -0.3 is 15.5 Å². The highest BCUT2D eigenvalue weighted by Crippen LogP contribution is 2.23. The van der Waals surface area contributed by atoms with Crippen LogP contribution in [0.3, 0.4) is 0 Å². The van der Waals surface area contributed by atoms with Crippen molar-refractivity contribution in [3.05, 3.63) is 0 Å². The summed E-state index contributed by atoms with van der Waals surface area (Å²) in [5.74, 6) is 0.484. The van der Waals surface area contributed by atoms with E-state index in [1.54, 1.807) is 0 Å². The van der Waals surface area contributed by atoms with E-state index in [0.717, 1.165) is 51.6 Å². The van der Waals surface area contributed by atoms with Crippen LogP contribution < -0.4 is 10.6 Å². The molecule has 0 saturated carbocycles. The van der Waals surface area contributed by atoms with E-state index in [4.69, 9.17) is 0 Å². The minimum atomic E-state index is -0.0360. The summed E-state index contributed by atoms with van der Waals surface area (Å²) in [5.41, 5.74) is 0. The number of amides is 2. The molecule has 0 radical (unpaired) electrons. The number of carbonyl (C=O) groups excluding carboxylic acids is 2. The van der Waals surface area contributed by atoms with E-state index in [9.17, 15) is 9.59 Å². The molecule has 2 amide bonds. The van der Waals surface area contributed by atoms with Crippen LogP contribution in [0.15, 0.2) is 0 Å². The molecule has 2 rings (SSSR count). The fraction of sp³-hybridized carbons (Fsp3) is 0.889. The molecule has 2 fully saturated rings. The fourth-order valence-electron chi connectivity index (χ4n) is 3.87. The van der Waals surface area contributed by atoms with Crippen LogP contribution in [0.25, 0.3) is 0 Å². The lowest BCUT2D eigenvalue weighted by molar-refractivity contribution is -0.140. The first-order valence-electron chi connectivity index (χ1n) is 9.33. The van der Waals surface area contributed by atoms with Crippen molar-refractivity contribution in [1.29, 1.82) is 0 Å². The van der Waals surface area contributed by atoms with E-state index >= 15 is 0 Å². The van der Waals surface area contributed by atoms with Gasteiger partial charge in [0.05, 0.1) is 5.92 Å². The van der Waals surface area contributed by atoms with Crippen molar-refractivity contribution < 1.29 is 9.59 Å². The summed E-state index contributed by atoms with van der Waals surface area (Å²) in [7, 11) is 0. The highest BCUT2D eigenvalue weighted by molar-refractivity contribution is 5.85. The van der Waals surface area contributed by atoms with Crippen LogP contribution in [0.5, 0.6) is 0 Å². The molecule has 2 heterocycles. The molecule has 0 bridgehead atoms. The molecule has 0 aliphatic carbocycles. The van der Waals surface area contributed by atoms with Crippen LogP contribution >= 0.6 is 12.4 Å². The molecule has 0 spiro atoms. The van der Waals surface area contributed by atoms with Crippen LogP contribution in [-0.4, -0.2) is 48.4 Å². The van der Waals surface area contributed by atoms with E-state index in [0.29, 0.717) is 12.6 Å². The monoisotopic (exact) mass is 359 g/mol. The van der Waals surface area contributed by atoms with Crippen molar-refractivity contribution in [1.82, 2.24) is 15.5 Å². The topological polar surface area (TPSA) is 61.4 Å². The fourth-order valence-corrected chi connectivity index (χ4v) is 3.87. The largest absolute Gasteiger partial charge is 0.353 e. The molecular weight excluding hydrogens is 326 g/mol. The Bertz CT molecular complexity index is 419. The van der Waals surface area contributed by atoms with Crippen LogP contribution in [0, 0.1) is 11.8 Å². The quantitative estimate of drug-likeness (QED) is 0.792. The molecule has 2 unspecified atom stereocenters. The van der Waals surface area contributed by atoms with Gasteiger partial charge in [0.25, 0.3) is 0 Å². The second kappa shape index (κ2) is 10.2. The molecule has 6 heteroatoms. The zero-order chi connectivity index (χ0) is 16.8. The first-order valence-corrected chi connectivity index (χ1v) is 9.33. The molecule has 5 nitrogen and oxygen atoms in total. The van der Waals surface area contributed by atoms with Gasteiger partial charge >= 0.3 is 0 Å². The summed E-state index contributed by atoms with van der Waals surface area (Å²) in [5, 5.41) is 6.51. The predicted molar refractivity (Wildman–Crippen MR) is 99.3 cm³/mol. The number of nitrogens with one attached hydrogen (secondary N) is 2. The first kappa shape index (κ1) is 21.2. The Labute approximate surface area is 152 Å². The number of carbonyl (C=O) groups is 2. The SMILES string of the molecule is CCCC(C)NC(=O)C1CCCN(C(=O)[C@H]2CCN[C@@H](C)C2)C1.Cl. The van der Waals surface area contributed by atoms with E-state index < -0.39 is 0 Å². The number of rotatable bonds is 5. The van der Waals surface area contributed by atoms with Crippen molar-refractivity contribution >= 4 is 24.2 Å². The molecule has 2 aliphatic rings. The maximum atomic E-state index is 12.8. The second-order valence-corrected chi connectivity index (χ2v) is 7.40. The Morgan fingerprint density at radius 3 is 2.71 bits per heavy atom. The van der Waals surface area contributed by atoms with Crippen LogP contribution in [-0.2, 0) is 9.59 Å². The van der Waals surface area contributed by atoms with Crippen molar-refractivity contribution in [2.24, 2.45) is 11.8 Å². The molecular formula is C18H34ClN3O2. The Kier molecular flexibility index (Phi) is 9.06. The van der Waals surface area contributed by atoms with Gasteiger partial charge in [0.2, 0.25) is 11.8 Å². The van der Waals surface area contributed by atoms with Gasteiger partial charge in [-0.15, -0.1) is 12.4 Å². The van der Waals surface area contributed by atoms with Crippen molar-refractivity contribution in [2.75, 3.05) is 19.6 Å². The number of halogens is 1. The zero-order valence-electron chi connectivity index (χ0n) is 15.3. The molecule has 4 atom stereocenters. The van der Waals surface area contributed by atoms with E-state index in [-0.39, 0.29) is 42.1 Å². The Morgan fingerprint density at radius 2 is 2.04 bits per heavy atom. The van der Waals surface area contributed by atoms with Crippen molar-refractivity contribution in [3.8, 4) is 0 Å². The number of hydrogen-bond donors (Lipinski definition) is 2. The predicted octanol–water partition coefficient (Wildman–Crippen LogP) is 2.34. The van der Waals surface area contributed by atoms with Gasteiger partial charge in [-0.2, -0.15) is 0 Å². The van der Waals surface area contributed by atoms with Crippen molar-refractivity contribution in [3.63, 3.8) is 0 Å². The van der Waals surface area contributed by atoms with Gasteiger partial charge in [-0.1, -0.05) is 13.3 Å². The summed E-state index contributed by atoms with van der Waals surface area (Å²) in [6.45, 7) is 8.66. The Hall–Kier alpha value is -0.810. The van der Waals surface area contributed by atoms with Crippen LogP contribution in [0.2, 0.25) is 0 Å². The minimum Gasteiger partial charge on any atom is -0.353 e. The third kappa shape index (κ3) is 5.92. The zero-order valence-corrected chi connectivity index (χ0v) is 16.2. The summed E-state index contributed by atoms with van der Waals surface area (Å²) in [4.78, 5) is 27.1. The number of hydrogen-bond acceptors (Lipinski definition) is 3. The number of likely N-dealkylation sites (tertiary alicyclic amines) is 1. The molecule has 0 aromatic rings. The summed E-state index contributed by atoms with van der Waals surface area (Å²) >= 11 is 0. The van der Waals surface area contributed by atoms with Gasteiger partial charge in [-0.25, -0.2) is 0 Å². The molecule has 2 aliphatic heterocycles. The third-order valence-corrected chi connectivity index (χ3v) is 5.19. The lowest BCUT2D eigenvalue weighted by Crippen LogP contribution is -2.50. The lowest BCUT2D eigenvalue weighted by Gasteiger charge is -2.36. The van der Waals surface area contributed by atoms with Gasteiger partial charge in [0, 0.05) is 31.1 Å². The van der Waals surface area contributed by atoms with Crippen LogP contribution in [0.1, 0.15) is 59.3 Å². The molecule has 2 saturated heterocycles. The highest BCUT2D eigenvalue weighted by atomic mass is 35.5. The van der Waals surface area contributed by atoms with Crippen LogP contribution in [0.4, 0.5) is 0 Å². The normalized spacial score (nSPS) is 28.6. The van der Waals surface area contributed by atoms with Gasteiger partial charge in [-0.05, 0) is 52.5 Å². The molecule has 24 heavy (non-hydrogen) atoms. The van der Waals surface area contributed by atoms with Gasteiger partial charge in [0.1, 0.15) is 0 Å². The van der Waals surface area contributed by atoms with E-state index in [1.807, 2.05) is 4.90 Å². The van der Waals surface area contributed by atoms with E-state index in [1.165, 1.54) is 0 Å². The molecule has 0 aromatic heterocycles.